The molecule has 3 aliphatic heterocycles. The third-order valence-electron chi connectivity index (χ3n) is 4.38. The number of nitrogens with one attached hydrogen (secondary N) is 2. The molecule has 3 amide bonds. The molecule has 0 aromatic carbocycles. The lowest BCUT2D eigenvalue weighted by molar-refractivity contribution is -0.144. The van der Waals surface area contributed by atoms with Crippen LogP contribution >= 0.6 is 0 Å². The number of nitrogens with zero attached hydrogens (tertiary/aromatic N) is 2. The Hall–Kier alpha value is -1.47. The van der Waals surface area contributed by atoms with E-state index in [-0.39, 0.29) is 12.6 Å². The van der Waals surface area contributed by atoms with Crippen molar-refractivity contribution in [1.29, 1.82) is 0 Å². The summed E-state index contributed by atoms with van der Waals surface area (Å²) in [7, 11) is -4.80. The van der Waals surface area contributed by atoms with Crippen molar-refractivity contribution < 1.29 is 31.7 Å². The smallest absolute Gasteiger partial charge is 0.314 e. The number of carbonyl (C=O) groups excluding carboxylic acids is 2. The van der Waals surface area contributed by atoms with E-state index in [1.165, 1.54) is 4.90 Å². The first kappa shape index (κ1) is 17.4. The minimum Gasteiger partial charge on any atom is -0.314 e. The van der Waals surface area contributed by atoms with Crippen LogP contribution in [0.5, 0.6) is 0 Å². The van der Waals surface area contributed by atoms with Crippen molar-refractivity contribution >= 4 is 22.3 Å². The highest BCUT2D eigenvalue weighted by atomic mass is 32.3. The monoisotopic (exact) mass is 364 g/mol. The summed E-state index contributed by atoms with van der Waals surface area (Å²) in [6.07, 6.45) is 2.39. The molecular formula is C12H20N4O7S. The van der Waals surface area contributed by atoms with E-state index >= 15 is 0 Å². The summed E-state index contributed by atoms with van der Waals surface area (Å²) < 4.78 is 34.7. The van der Waals surface area contributed by atoms with Crippen molar-refractivity contribution in [3.8, 4) is 0 Å². The number of rotatable bonds is 5. The molecule has 2 bridgehead atoms. The summed E-state index contributed by atoms with van der Waals surface area (Å²) >= 11 is 0. The maximum atomic E-state index is 12.3. The Morgan fingerprint density at radius 1 is 1.33 bits per heavy atom. The second-order valence-corrected chi connectivity index (χ2v) is 7.07. The van der Waals surface area contributed by atoms with Crippen LogP contribution in [0.15, 0.2) is 0 Å². The van der Waals surface area contributed by atoms with Crippen LogP contribution in [0.25, 0.3) is 0 Å². The minimum atomic E-state index is -4.80. The molecule has 0 radical (unpaired) electrons. The molecule has 0 aliphatic carbocycles. The second kappa shape index (κ2) is 6.80. The van der Waals surface area contributed by atoms with Crippen molar-refractivity contribution in [1.82, 2.24) is 20.8 Å². The Balaban J connectivity index is 1.58. The molecule has 0 aromatic rings. The topological polar surface area (TPSA) is 138 Å². The fourth-order valence-corrected chi connectivity index (χ4v) is 3.62. The van der Waals surface area contributed by atoms with E-state index in [0.29, 0.717) is 24.4 Å². The van der Waals surface area contributed by atoms with Gasteiger partial charge in [0.05, 0.1) is 12.1 Å². The molecule has 136 valence electrons. The third kappa shape index (κ3) is 3.78. The molecule has 0 saturated carbocycles. The van der Waals surface area contributed by atoms with E-state index in [4.69, 9.17) is 9.39 Å². The zero-order chi connectivity index (χ0) is 17.3. The number of carbonyl (C=O) groups is 2. The quantitative estimate of drug-likeness (QED) is 0.408. The van der Waals surface area contributed by atoms with Gasteiger partial charge < -0.3 is 10.2 Å². The number of amides is 3. The van der Waals surface area contributed by atoms with Crippen molar-refractivity contribution in [2.45, 2.75) is 43.9 Å². The zero-order valence-electron chi connectivity index (χ0n) is 12.9. The van der Waals surface area contributed by atoms with E-state index < -0.39 is 34.4 Å². The van der Waals surface area contributed by atoms with Crippen LogP contribution in [-0.4, -0.2) is 72.7 Å². The molecule has 11 nitrogen and oxygen atoms in total. The van der Waals surface area contributed by atoms with E-state index in [1.807, 2.05) is 0 Å². The van der Waals surface area contributed by atoms with Gasteiger partial charge in [0.2, 0.25) is 0 Å². The molecule has 1 unspecified atom stereocenters. The van der Waals surface area contributed by atoms with E-state index in [1.54, 1.807) is 0 Å². The zero-order valence-corrected chi connectivity index (χ0v) is 13.7. The van der Waals surface area contributed by atoms with Crippen molar-refractivity contribution in [2.75, 3.05) is 19.6 Å². The molecule has 3 saturated heterocycles. The molecule has 3 fully saturated rings. The third-order valence-corrected chi connectivity index (χ3v) is 4.73. The molecule has 3 atom stereocenters. The molecular weight excluding hydrogens is 344 g/mol. The Morgan fingerprint density at radius 3 is 2.79 bits per heavy atom. The normalized spacial score (nSPS) is 30.5. The summed E-state index contributed by atoms with van der Waals surface area (Å²) in [5, 5.41) is 3.76. The first-order valence-electron chi connectivity index (χ1n) is 7.78. The lowest BCUT2D eigenvalue weighted by atomic mass is 10.0. The Kier molecular flexibility index (Phi) is 4.92. The first-order valence-corrected chi connectivity index (χ1v) is 9.15. The van der Waals surface area contributed by atoms with Crippen LogP contribution in [0.3, 0.4) is 0 Å². The van der Waals surface area contributed by atoms with E-state index in [9.17, 15) is 18.0 Å². The fraction of sp³-hybridized carbons (Fsp3) is 0.833. The van der Waals surface area contributed by atoms with Gasteiger partial charge in [0.25, 0.3) is 5.91 Å². The van der Waals surface area contributed by atoms with Crippen molar-refractivity contribution in [2.24, 2.45) is 0 Å². The molecule has 0 aromatic heterocycles. The maximum absolute atomic E-state index is 12.3. The number of urea groups is 1. The summed E-state index contributed by atoms with van der Waals surface area (Å²) in [5.74, 6) is -0.457. The average Bonchev–Trinajstić information content (AvgIpc) is 2.77. The van der Waals surface area contributed by atoms with Gasteiger partial charge in [0.1, 0.15) is 6.04 Å². The van der Waals surface area contributed by atoms with Crippen molar-refractivity contribution in [3.63, 3.8) is 0 Å². The summed E-state index contributed by atoms with van der Waals surface area (Å²) in [6.45, 7) is 1.72. The molecule has 3 aliphatic rings. The lowest BCUT2D eigenvalue weighted by Crippen LogP contribution is -2.51. The van der Waals surface area contributed by atoms with Crippen LogP contribution in [0.1, 0.15) is 25.7 Å². The van der Waals surface area contributed by atoms with Crippen LogP contribution in [0, 0.1) is 0 Å². The van der Waals surface area contributed by atoms with Gasteiger partial charge in [-0.15, -0.1) is 4.28 Å². The Morgan fingerprint density at radius 2 is 2.12 bits per heavy atom. The molecule has 3 rings (SSSR count). The average molecular weight is 364 g/mol. The molecule has 3 N–H and O–H groups in total. The predicted octanol–water partition coefficient (Wildman–Crippen LogP) is -1.21. The Bertz CT molecular complexity index is 607. The van der Waals surface area contributed by atoms with Crippen LogP contribution < -0.4 is 10.8 Å². The second-order valence-electron chi connectivity index (χ2n) is 6.06. The molecule has 24 heavy (non-hydrogen) atoms. The van der Waals surface area contributed by atoms with Crippen LogP contribution in [0.2, 0.25) is 0 Å². The summed E-state index contributed by atoms with van der Waals surface area (Å²) in [4.78, 5) is 31.1. The summed E-state index contributed by atoms with van der Waals surface area (Å²) in [6, 6.07) is -2.05. The van der Waals surface area contributed by atoms with Gasteiger partial charge in [0, 0.05) is 13.1 Å². The SMILES string of the molecule is O=C(NO[C@@H]1CCCNC1)[C@@H]1CCC2CN1C(=O)N2OS(=O)(=O)O. The van der Waals surface area contributed by atoms with E-state index in [2.05, 4.69) is 15.1 Å². The predicted molar refractivity (Wildman–Crippen MR) is 78.5 cm³/mol. The van der Waals surface area contributed by atoms with Gasteiger partial charge in [0.15, 0.2) is 0 Å². The van der Waals surface area contributed by atoms with Gasteiger partial charge in [-0.05, 0) is 32.2 Å². The van der Waals surface area contributed by atoms with E-state index in [0.717, 1.165) is 19.4 Å². The number of hydrogen-bond acceptors (Lipinski definition) is 7. The van der Waals surface area contributed by atoms with Gasteiger partial charge in [-0.25, -0.2) is 10.3 Å². The fourth-order valence-electron chi connectivity index (χ4n) is 3.23. The van der Waals surface area contributed by atoms with Gasteiger partial charge >= 0.3 is 16.4 Å². The van der Waals surface area contributed by atoms with Crippen LogP contribution in [0.4, 0.5) is 4.79 Å². The Labute approximate surface area is 139 Å². The lowest BCUT2D eigenvalue weighted by Gasteiger charge is -2.30. The number of hydroxylamine groups is 3. The highest BCUT2D eigenvalue weighted by Crippen LogP contribution is 2.30. The molecule has 3 heterocycles. The number of piperidine rings is 2. The first-order chi connectivity index (χ1) is 11.3. The van der Waals surface area contributed by atoms with Gasteiger partial charge in [-0.3, -0.25) is 14.2 Å². The molecule has 12 heteroatoms. The number of fused-ring (bicyclic) bond motifs is 2. The highest BCUT2D eigenvalue weighted by Gasteiger charge is 2.49. The molecule has 0 spiro atoms. The standard InChI is InChI=1S/C12H20N4O7S/c17-11(14-22-9-2-1-5-13-6-9)10-4-3-8-7-15(10)12(18)16(8)23-24(19,20)21/h8-10,13H,1-7H2,(H,14,17)(H,19,20,21)/t8?,9-,10+/m1/s1. The van der Waals surface area contributed by atoms with Crippen molar-refractivity contribution in [3.05, 3.63) is 0 Å². The van der Waals surface area contributed by atoms with Gasteiger partial charge in [-0.1, -0.05) is 0 Å². The largest absolute Gasteiger partial charge is 0.418 e. The summed E-state index contributed by atoms with van der Waals surface area (Å²) in [5.41, 5.74) is 2.39. The van der Waals surface area contributed by atoms with Gasteiger partial charge in [-0.2, -0.15) is 13.5 Å². The highest BCUT2D eigenvalue weighted by molar-refractivity contribution is 7.80. The number of hydrogen-bond donors (Lipinski definition) is 3. The maximum Gasteiger partial charge on any atom is 0.418 e. The van der Waals surface area contributed by atoms with Crippen LogP contribution in [-0.2, 0) is 24.3 Å². The minimum absolute atomic E-state index is 0.118.